The van der Waals surface area contributed by atoms with Crippen LogP contribution in [0.4, 0.5) is 5.69 Å². The van der Waals surface area contributed by atoms with Crippen LogP contribution in [0.1, 0.15) is 38.4 Å². The highest BCUT2D eigenvalue weighted by atomic mass is 32.2. The molecule has 20 heavy (non-hydrogen) atoms. The normalized spacial score (nSPS) is 13.4. The molecule has 1 aromatic rings. The van der Waals surface area contributed by atoms with Gasteiger partial charge in [-0.1, -0.05) is 26.0 Å². The highest BCUT2D eigenvalue weighted by Crippen LogP contribution is 2.16. The highest BCUT2D eigenvalue weighted by Gasteiger charge is 2.10. The molecule has 1 rings (SSSR count). The van der Waals surface area contributed by atoms with Crippen molar-refractivity contribution in [2.24, 2.45) is 0 Å². The summed E-state index contributed by atoms with van der Waals surface area (Å²) in [4.78, 5) is 0. The highest BCUT2D eigenvalue weighted by molar-refractivity contribution is 7.92. The SMILES string of the molecule is CCC(CC)NCC(O)c1ccc(NS(C)(=O)=O)cc1. The van der Waals surface area contributed by atoms with Gasteiger partial charge in [-0.25, -0.2) is 8.42 Å². The van der Waals surface area contributed by atoms with Crippen LogP contribution >= 0.6 is 0 Å². The summed E-state index contributed by atoms with van der Waals surface area (Å²) in [5.74, 6) is 0. The van der Waals surface area contributed by atoms with E-state index in [2.05, 4.69) is 23.9 Å². The Morgan fingerprint density at radius 1 is 1.15 bits per heavy atom. The number of nitrogens with one attached hydrogen (secondary N) is 2. The Bertz CT molecular complexity index is 496. The monoisotopic (exact) mass is 300 g/mol. The molecule has 0 saturated heterocycles. The lowest BCUT2D eigenvalue weighted by molar-refractivity contribution is 0.169. The lowest BCUT2D eigenvalue weighted by Gasteiger charge is -2.18. The molecule has 0 bridgehead atoms. The largest absolute Gasteiger partial charge is 0.387 e. The fourth-order valence-corrected chi connectivity index (χ4v) is 2.53. The Kier molecular flexibility index (Phi) is 6.45. The average Bonchev–Trinajstić information content (AvgIpc) is 2.38. The summed E-state index contributed by atoms with van der Waals surface area (Å²) < 4.78 is 24.6. The van der Waals surface area contributed by atoms with Crippen LogP contribution in [0.2, 0.25) is 0 Å². The first-order chi connectivity index (χ1) is 9.35. The van der Waals surface area contributed by atoms with Crippen molar-refractivity contribution in [2.45, 2.75) is 38.8 Å². The van der Waals surface area contributed by atoms with Crippen LogP contribution in [0.5, 0.6) is 0 Å². The predicted molar refractivity (Wildman–Crippen MR) is 82.2 cm³/mol. The third kappa shape index (κ3) is 5.90. The number of anilines is 1. The fourth-order valence-electron chi connectivity index (χ4n) is 1.96. The molecule has 0 fully saturated rings. The van der Waals surface area contributed by atoms with Gasteiger partial charge in [-0.3, -0.25) is 4.72 Å². The summed E-state index contributed by atoms with van der Waals surface area (Å²) >= 11 is 0. The van der Waals surface area contributed by atoms with E-state index in [1.165, 1.54) is 0 Å². The van der Waals surface area contributed by atoms with Crippen molar-refractivity contribution in [1.29, 1.82) is 0 Å². The molecule has 0 aliphatic carbocycles. The third-order valence-corrected chi connectivity index (χ3v) is 3.79. The lowest BCUT2D eigenvalue weighted by atomic mass is 10.1. The molecule has 1 aromatic carbocycles. The molecule has 114 valence electrons. The molecule has 0 radical (unpaired) electrons. The molecular weight excluding hydrogens is 276 g/mol. The third-order valence-electron chi connectivity index (χ3n) is 3.18. The zero-order valence-corrected chi connectivity index (χ0v) is 13.1. The second kappa shape index (κ2) is 7.61. The lowest BCUT2D eigenvalue weighted by Crippen LogP contribution is -2.31. The molecule has 3 N–H and O–H groups in total. The van der Waals surface area contributed by atoms with Crippen LogP contribution in [-0.2, 0) is 10.0 Å². The molecule has 1 unspecified atom stereocenters. The molecule has 6 heteroatoms. The van der Waals surface area contributed by atoms with E-state index in [4.69, 9.17) is 0 Å². The minimum atomic E-state index is -3.26. The molecule has 0 aliphatic heterocycles. The van der Waals surface area contributed by atoms with Crippen LogP contribution in [0.3, 0.4) is 0 Å². The zero-order chi connectivity index (χ0) is 15.2. The van der Waals surface area contributed by atoms with E-state index >= 15 is 0 Å². The first-order valence-corrected chi connectivity index (χ1v) is 8.74. The second-order valence-electron chi connectivity index (χ2n) is 4.93. The van der Waals surface area contributed by atoms with Crippen molar-refractivity contribution in [3.63, 3.8) is 0 Å². The van der Waals surface area contributed by atoms with Crippen molar-refractivity contribution in [3.05, 3.63) is 29.8 Å². The number of rotatable bonds is 8. The van der Waals surface area contributed by atoms with E-state index < -0.39 is 16.1 Å². The molecular formula is C14H24N2O3S. The van der Waals surface area contributed by atoms with Crippen molar-refractivity contribution in [2.75, 3.05) is 17.5 Å². The minimum Gasteiger partial charge on any atom is -0.387 e. The average molecular weight is 300 g/mol. The summed E-state index contributed by atoms with van der Waals surface area (Å²) in [6.45, 7) is 4.71. The van der Waals surface area contributed by atoms with Gasteiger partial charge in [-0.2, -0.15) is 0 Å². The number of aliphatic hydroxyl groups is 1. The maximum atomic E-state index is 11.1. The van der Waals surface area contributed by atoms with Crippen LogP contribution in [0, 0.1) is 0 Å². The number of hydrogen-bond donors (Lipinski definition) is 3. The smallest absolute Gasteiger partial charge is 0.229 e. The molecule has 0 heterocycles. The maximum absolute atomic E-state index is 11.1. The Morgan fingerprint density at radius 3 is 2.15 bits per heavy atom. The quantitative estimate of drug-likeness (QED) is 0.685. The minimum absolute atomic E-state index is 0.413. The molecule has 0 saturated carbocycles. The summed E-state index contributed by atoms with van der Waals surface area (Å²) in [5, 5.41) is 13.4. The van der Waals surface area contributed by atoms with E-state index in [1.807, 2.05) is 0 Å². The van der Waals surface area contributed by atoms with Crippen LogP contribution in [-0.4, -0.2) is 32.4 Å². The zero-order valence-electron chi connectivity index (χ0n) is 12.3. The molecule has 5 nitrogen and oxygen atoms in total. The van der Waals surface area contributed by atoms with Gasteiger partial charge in [0, 0.05) is 18.3 Å². The van der Waals surface area contributed by atoms with Crippen molar-refractivity contribution < 1.29 is 13.5 Å². The first-order valence-electron chi connectivity index (χ1n) is 6.85. The summed E-state index contributed by atoms with van der Waals surface area (Å²) in [6, 6.07) is 7.17. The van der Waals surface area contributed by atoms with Gasteiger partial charge in [0.25, 0.3) is 0 Å². The van der Waals surface area contributed by atoms with Gasteiger partial charge in [0.15, 0.2) is 0 Å². The van der Waals surface area contributed by atoms with E-state index in [1.54, 1.807) is 24.3 Å². The van der Waals surface area contributed by atoms with E-state index in [-0.39, 0.29) is 0 Å². The summed E-state index contributed by atoms with van der Waals surface area (Å²) in [5.41, 5.74) is 1.26. The maximum Gasteiger partial charge on any atom is 0.229 e. The first kappa shape index (κ1) is 16.9. The van der Waals surface area contributed by atoms with Crippen LogP contribution < -0.4 is 10.0 Å². The van der Waals surface area contributed by atoms with Gasteiger partial charge in [-0.05, 0) is 30.5 Å². The van der Waals surface area contributed by atoms with Gasteiger partial charge >= 0.3 is 0 Å². The number of hydrogen-bond acceptors (Lipinski definition) is 4. The second-order valence-corrected chi connectivity index (χ2v) is 6.68. The number of aliphatic hydroxyl groups excluding tert-OH is 1. The van der Waals surface area contributed by atoms with Gasteiger partial charge in [0.1, 0.15) is 0 Å². The van der Waals surface area contributed by atoms with Crippen molar-refractivity contribution in [1.82, 2.24) is 5.32 Å². The van der Waals surface area contributed by atoms with Crippen molar-refractivity contribution in [3.8, 4) is 0 Å². The van der Waals surface area contributed by atoms with Crippen LogP contribution in [0.25, 0.3) is 0 Å². The van der Waals surface area contributed by atoms with Crippen LogP contribution in [0.15, 0.2) is 24.3 Å². The summed E-state index contributed by atoms with van der Waals surface area (Å²) in [7, 11) is -3.26. The fraction of sp³-hybridized carbons (Fsp3) is 0.571. The van der Waals surface area contributed by atoms with E-state index in [0.717, 1.165) is 24.7 Å². The summed E-state index contributed by atoms with van der Waals surface area (Å²) in [6.07, 6.45) is 2.57. The molecule has 0 aliphatic rings. The van der Waals surface area contributed by atoms with E-state index in [0.29, 0.717) is 18.3 Å². The van der Waals surface area contributed by atoms with Crippen molar-refractivity contribution >= 4 is 15.7 Å². The predicted octanol–water partition coefficient (Wildman–Crippen LogP) is 1.87. The Labute approximate surface area is 121 Å². The number of sulfonamides is 1. The molecule has 1 atom stereocenters. The molecule has 0 amide bonds. The standard InChI is InChI=1S/C14H24N2O3S/c1-4-12(5-2)15-10-14(17)11-6-8-13(9-7-11)16-20(3,18)19/h6-9,12,14-17H,4-5,10H2,1-3H3. The van der Waals surface area contributed by atoms with Gasteiger partial charge in [0.2, 0.25) is 10.0 Å². The van der Waals surface area contributed by atoms with Gasteiger partial charge < -0.3 is 10.4 Å². The van der Waals surface area contributed by atoms with E-state index in [9.17, 15) is 13.5 Å². The van der Waals surface area contributed by atoms with Gasteiger partial charge in [0.05, 0.1) is 12.4 Å². The Balaban J connectivity index is 2.59. The van der Waals surface area contributed by atoms with Gasteiger partial charge in [-0.15, -0.1) is 0 Å². The Morgan fingerprint density at radius 2 is 1.70 bits per heavy atom. The topological polar surface area (TPSA) is 78.4 Å². The number of benzene rings is 1. The Hall–Kier alpha value is -1.11. The molecule has 0 spiro atoms. The molecule has 0 aromatic heterocycles.